The van der Waals surface area contributed by atoms with Crippen LogP contribution in [0, 0.1) is 9.37 Å². The van der Waals surface area contributed by atoms with Gasteiger partial charge in [0, 0.05) is 13.1 Å². The average Bonchev–Trinajstić information content (AvgIpc) is 2.50. The molecule has 1 N–H and O–H groups in total. The van der Waals surface area contributed by atoms with Crippen molar-refractivity contribution in [3.05, 3.63) is 3.95 Å². The number of nitrogens with zero attached hydrogens (tertiary/aromatic N) is 2. The Hall–Kier alpha value is -0.420. The molecule has 1 saturated heterocycles. The van der Waals surface area contributed by atoms with E-state index in [1.54, 1.807) is 11.3 Å². The van der Waals surface area contributed by atoms with Crippen LogP contribution in [0.1, 0.15) is 26.7 Å². The molecule has 0 amide bonds. The molecule has 0 atom stereocenters. The summed E-state index contributed by atoms with van der Waals surface area (Å²) in [6.45, 7) is 6.82. The van der Waals surface area contributed by atoms with Crippen molar-refractivity contribution in [1.82, 2.24) is 10.2 Å². The van der Waals surface area contributed by atoms with Crippen LogP contribution in [0.4, 0.5) is 5.13 Å². The minimum absolute atomic E-state index is 0.408. The molecule has 0 spiro atoms. The van der Waals surface area contributed by atoms with Crippen molar-refractivity contribution in [2.75, 3.05) is 18.0 Å². The summed E-state index contributed by atoms with van der Waals surface area (Å²) in [6.07, 6.45) is 2.55. The molecule has 0 radical (unpaired) electrons. The van der Waals surface area contributed by atoms with E-state index in [2.05, 4.69) is 28.9 Å². The molecule has 1 aromatic rings. The van der Waals surface area contributed by atoms with Gasteiger partial charge in [-0.3, -0.25) is 5.10 Å². The number of H-pyrrole nitrogens is 1. The summed E-state index contributed by atoms with van der Waals surface area (Å²) in [5.41, 5.74) is 0.408. The quantitative estimate of drug-likeness (QED) is 0.751. The SMILES string of the molecule is CC1(C)CCCN(c2n[nH]c(=S)s2)C1. The number of piperidine rings is 1. The second-order valence-electron chi connectivity index (χ2n) is 4.59. The van der Waals surface area contributed by atoms with E-state index in [-0.39, 0.29) is 0 Å². The first kappa shape index (κ1) is 10.1. The van der Waals surface area contributed by atoms with E-state index >= 15 is 0 Å². The molecule has 0 saturated carbocycles. The zero-order valence-electron chi connectivity index (χ0n) is 8.54. The normalized spacial score (nSPS) is 21.1. The Kier molecular flexibility index (Phi) is 2.62. The summed E-state index contributed by atoms with van der Waals surface area (Å²) in [7, 11) is 0. The summed E-state index contributed by atoms with van der Waals surface area (Å²) in [5, 5.41) is 8.10. The van der Waals surface area contributed by atoms with Crippen LogP contribution < -0.4 is 4.90 Å². The second kappa shape index (κ2) is 3.62. The highest BCUT2D eigenvalue weighted by molar-refractivity contribution is 7.73. The fourth-order valence-electron chi connectivity index (χ4n) is 1.94. The molecular weight excluding hydrogens is 214 g/mol. The van der Waals surface area contributed by atoms with Crippen molar-refractivity contribution in [3.8, 4) is 0 Å². The smallest absolute Gasteiger partial charge is 0.206 e. The Balaban J connectivity index is 2.15. The monoisotopic (exact) mass is 229 g/mol. The topological polar surface area (TPSA) is 31.9 Å². The molecular formula is C9H15N3S2. The summed E-state index contributed by atoms with van der Waals surface area (Å²) in [4.78, 5) is 2.33. The third-order valence-corrected chi connectivity index (χ3v) is 3.75. The molecule has 1 aliphatic rings. The lowest BCUT2D eigenvalue weighted by Crippen LogP contribution is -2.40. The number of aromatic amines is 1. The Morgan fingerprint density at radius 3 is 2.93 bits per heavy atom. The zero-order valence-corrected chi connectivity index (χ0v) is 10.2. The molecule has 1 aromatic heterocycles. The van der Waals surface area contributed by atoms with Gasteiger partial charge in [0.25, 0.3) is 0 Å². The predicted octanol–water partition coefficient (Wildman–Crippen LogP) is 2.83. The van der Waals surface area contributed by atoms with E-state index in [0.29, 0.717) is 5.41 Å². The van der Waals surface area contributed by atoms with Crippen LogP contribution in [-0.4, -0.2) is 23.3 Å². The van der Waals surface area contributed by atoms with Crippen molar-refractivity contribution < 1.29 is 0 Å². The summed E-state index contributed by atoms with van der Waals surface area (Å²) in [6, 6.07) is 0. The van der Waals surface area contributed by atoms with Crippen LogP contribution in [0.5, 0.6) is 0 Å². The van der Waals surface area contributed by atoms with E-state index in [4.69, 9.17) is 12.2 Å². The van der Waals surface area contributed by atoms with Crippen molar-refractivity contribution in [1.29, 1.82) is 0 Å². The molecule has 5 heteroatoms. The van der Waals surface area contributed by atoms with Crippen molar-refractivity contribution in [3.63, 3.8) is 0 Å². The summed E-state index contributed by atoms with van der Waals surface area (Å²) < 4.78 is 0.767. The molecule has 0 aliphatic carbocycles. The molecule has 3 nitrogen and oxygen atoms in total. The van der Waals surface area contributed by atoms with Gasteiger partial charge < -0.3 is 4.90 Å². The minimum Gasteiger partial charge on any atom is -0.346 e. The van der Waals surface area contributed by atoms with Gasteiger partial charge in [0.2, 0.25) is 5.13 Å². The Labute approximate surface area is 93.1 Å². The molecule has 2 heterocycles. The highest BCUT2D eigenvalue weighted by Crippen LogP contribution is 2.32. The first-order chi connectivity index (χ1) is 6.57. The maximum Gasteiger partial charge on any atom is 0.206 e. The van der Waals surface area contributed by atoms with E-state index in [1.807, 2.05) is 0 Å². The Morgan fingerprint density at radius 1 is 1.57 bits per heavy atom. The van der Waals surface area contributed by atoms with Crippen molar-refractivity contribution >= 4 is 28.7 Å². The van der Waals surface area contributed by atoms with Crippen LogP contribution >= 0.6 is 23.6 Å². The van der Waals surface area contributed by atoms with Crippen LogP contribution in [0.25, 0.3) is 0 Å². The lowest BCUT2D eigenvalue weighted by molar-refractivity contribution is 0.293. The van der Waals surface area contributed by atoms with Gasteiger partial charge in [-0.05, 0) is 30.5 Å². The molecule has 2 rings (SSSR count). The maximum absolute atomic E-state index is 5.03. The highest BCUT2D eigenvalue weighted by Gasteiger charge is 2.27. The van der Waals surface area contributed by atoms with Crippen LogP contribution in [0.2, 0.25) is 0 Å². The van der Waals surface area contributed by atoms with E-state index in [0.717, 1.165) is 22.2 Å². The van der Waals surface area contributed by atoms with Crippen LogP contribution in [-0.2, 0) is 0 Å². The largest absolute Gasteiger partial charge is 0.346 e. The Morgan fingerprint density at radius 2 is 2.36 bits per heavy atom. The number of hydrogen-bond donors (Lipinski definition) is 1. The summed E-state index contributed by atoms with van der Waals surface area (Å²) in [5.74, 6) is 0. The molecule has 1 fully saturated rings. The van der Waals surface area contributed by atoms with Gasteiger partial charge >= 0.3 is 0 Å². The average molecular weight is 229 g/mol. The van der Waals surface area contributed by atoms with Gasteiger partial charge in [0.1, 0.15) is 0 Å². The Bertz CT molecular complexity index is 366. The van der Waals surface area contributed by atoms with Gasteiger partial charge in [-0.15, -0.1) is 5.10 Å². The van der Waals surface area contributed by atoms with Gasteiger partial charge in [-0.1, -0.05) is 25.2 Å². The lowest BCUT2D eigenvalue weighted by atomic mass is 9.84. The number of rotatable bonds is 1. The third kappa shape index (κ3) is 2.15. The predicted molar refractivity (Wildman–Crippen MR) is 62.5 cm³/mol. The molecule has 78 valence electrons. The van der Waals surface area contributed by atoms with Crippen LogP contribution in [0.3, 0.4) is 0 Å². The zero-order chi connectivity index (χ0) is 10.2. The second-order valence-corrected chi connectivity index (χ2v) is 6.23. The first-order valence-electron chi connectivity index (χ1n) is 4.87. The lowest BCUT2D eigenvalue weighted by Gasteiger charge is -2.37. The fraction of sp³-hybridized carbons (Fsp3) is 0.778. The summed E-state index contributed by atoms with van der Waals surface area (Å²) >= 11 is 6.60. The van der Waals surface area contributed by atoms with Crippen LogP contribution in [0.15, 0.2) is 0 Å². The van der Waals surface area contributed by atoms with E-state index in [9.17, 15) is 0 Å². The minimum atomic E-state index is 0.408. The van der Waals surface area contributed by atoms with E-state index in [1.165, 1.54) is 12.8 Å². The molecule has 0 aromatic carbocycles. The van der Waals surface area contributed by atoms with Gasteiger partial charge in [0.05, 0.1) is 0 Å². The molecule has 0 bridgehead atoms. The number of nitrogens with one attached hydrogen (secondary N) is 1. The number of hydrogen-bond acceptors (Lipinski definition) is 4. The number of anilines is 1. The van der Waals surface area contributed by atoms with Gasteiger partial charge in [0.15, 0.2) is 3.95 Å². The maximum atomic E-state index is 5.03. The van der Waals surface area contributed by atoms with Gasteiger partial charge in [-0.25, -0.2) is 0 Å². The third-order valence-electron chi connectivity index (χ3n) is 2.60. The van der Waals surface area contributed by atoms with Crippen molar-refractivity contribution in [2.24, 2.45) is 5.41 Å². The molecule has 14 heavy (non-hydrogen) atoms. The van der Waals surface area contributed by atoms with E-state index < -0.39 is 0 Å². The molecule has 1 aliphatic heterocycles. The number of aromatic nitrogens is 2. The highest BCUT2D eigenvalue weighted by atomic mass is 32.1. The standard InChI is InChI=1S/C9H15N3S2/c1-9(2)4-3-5-12(6-9)7-10-11-8(13)14-7/h3-6H2,1-2H3,(H,11,13). The molecule has 0 unspecified atom stereocenters. The first-order valence-corrected chi connectivity index (χ1v) is 6.10. The van der Waals surface area contributed by atoms with Gasteiger partial charge in [-0.2, -0.15) is 0 Å². The van der Waals surface area contributed by atoms with Crippen molar-refractivity contribution in [2.45, 2.75) is 26.7 Å². The fourth-order valence-corrected chi connectivity index (χ4v) is 2.85.